The Balaban J connectivity index is 1.75. The average molecular weight is 353 g/mol. The van der Waals surface area contributed by atoms with Gasteiger partial charge in [0, 0.05) is 19.1 Å². The molecule has 132 valence electrons. The Bertz CT molecular complexity index is 637. The highest BCUT2D eigenvalue weighted by molar-refractivity contribution is 7.57. The number of ether oxygens (including phenoxy) is 1. The molecule has 24 heavy (non-hydrogen) atoms. The van der Waals surface area contributed by atoms with E-state index in [1.54, 1.807) is 24.3 Å². The standard InChI is InChI=1S/C16H24N3O4P/c1-23-16(21)15(10-12-5-7-14(20)8-6-12)18-24(22)17-11-13-4-2-3-9-19(13)24/h5-8,13,15,20H,2-4,9-11H2,1H3,(H2,17,18,22). The molecule has 2 saturated heterocycles. The first-order valence-electron chi connectivity index (χ1n) is 8.27. The van der Waals surface area contributed by atoms with Gasteiger partial charge in [-0.25, -0.2) is 14.8 Å². The fourth-order valence-corrected chi connectivity index (χ4v) is 5.98. The number of nitrogens with zero attached hydrogens (tertiary/aromatic N) is 1. The molecule has 0 radical (unpaired) electrons. The maximum atomic E-state index is 13.3. The smallest absolute Gasteiger partial charge is 0.323 e. The molecule has 3 rings (SSSR count). The quantitative estimate of drug-likeness (QED) is 0.547. The highest BCUT2D eigenvalue weighted by Crippen LogP contribution is 2.50. The molecule has 0 spiro atoms. The number of carbonyl (C=O) groups is 1. The van der Waals surface area contributed by atoms with Crippen molar-refractivity contribution in [1.82, 2.24) is 14.8 Å². The second-order valence-electron chi connectivity index (χ2n) is 6.33. The Morgan fingerprint density at radius 2 is 2.21 bits per heavy atom. The Morgan fingerprint density at radius 1 is 1.46 bits per heavy atom. The monoisotopic (exact) mass is 353 g/mol. The first-order valence-corrected chi connectivity index (χ1v) is 9.93. The minimum Gasteiger partial charge on any atom is -0.508 e. The molecule has 3 unspecified atom stereocenters. The molecule has 3 N–H and O–H groups in total. The van der Waals surface area contributed by atoms with Crippen molar-refractivity contribution in [3.05, 3.63) is 29.8 Å². The van der Waals surface area contributed by atoms with Gasteiger partial charge in [-0.2, -0.15) is 0 Å². The number of piperidine rings is 1. The number of nitrogens with one attached hydrogen (secondary N) is 2. The van der Waals surface area contributed by atoms with Crippen LogP contribution in [0.15, 0.2) is 24.3 Å². The van der Waals surface area contributed by atoms with Crippen molar-refractivity contribution < 1.29 is 19.2 Å². The molecule has 7 nitrogen and oxygen atoms in total. The average Bonchev–Trinajstić information content (AvgIpc) is 2.93. The van der Waals surface area contributed by atoms with Crippen LogP contribution in [0.4, 0.5) is 0 Å². The van der Waals surface area contributed by atoms with E-state index in [1.165, 1.54) is 7.11 Å². The van der Waals surface area contributed by atoms with Crippen molar-refractivity contribution in [1.29, 1.82) is 0 Å². The van der Waals surface area contributed by atoms with E-state index in [2.05, 4.69) is 10.2 Å². The van der Waals surface area contributed by atoms with Gasteiger partial charge in [-0.05, 0) is 37.0 Å². The summed E-state index contributed by atoms with van der Waals surface area (Å²) in [4.78, 5) is 12.2. The van der Waals surface area contributed by atoms with E-state index < -0.39 is 19.6 Å². The lowest BCUT2D eigenvalue weighted by Crippen LogP contribution is -2.43. The summed E-state index contributed by atoms with van der Waals surface area (Å²) in [6.45, 7) is 1.45. The minimum atomic E-state index is -2.99. The molecule has 0 saturated carbocycles. The zero-order chi connectivity index (χ0) is 17.2. The van der Waals surface area contributed by atoms with Gasteiger partial charge in [0.15, 0.2) is 0 Å². The van der Waals surface area contributed by atoms with Gasteiger partial charge in [-0.3, -0.25) is 9.36 Å². The molecule has 2 fully saturated rings. The first-order chi connectivity index (χ1) is 11.5. The number of phenolic OH excluding ortho intramolecular Hbond substituents is 1. The van der Waals surface area contributed by atoms with E-state index in [-0.39, 0.29) is 11.8 Å². The van der Waals surface area contributed by atoms with Crippen LogP contribution in [0.5, 0.6) is 5.75 Å². The zero-order valence-electron chi connectivity index (χ0n) is 13.8. The second kappa shape index (κ2) is 7.23. The fourth-order valence-electron chi connectivity index (χ4n) is 3.41. The molecule has 1 aromatic carbocycles. The molecule has 0 bridgehead atoms. The summed E-state index contributed by atoms with van der Waals surface area (Å²) < 4.78 is 20.2. The summed E-state index contributed by atoms with van der Waals surface area (Å²) in [6, 6.07) is 6.19. The number of hydrogen-bond donors (Lipinski definition) is 3. The normalized spacial score (nSPS) is 28.3. The third-order valence-electron chi connectivity index (χ3n) is 4.69. The lowest BCUT2D eigenvalue weighted by molar-refractivity contribution is -0.142. The summed E-state index contributed by atoms with van der Waals surface area (Å²) in [7, 11) is -1.66. The van der Waals surface area contributed by atoms with Gasteiger partial charge in [0.05, 0.1) is 7.11 Å². The zero-order valence-corrected chi connectivity index (χ0v) is 14.7. The molecule has 8 heteroatoms. The van der Waals surface area contributed by atoms with Crippen molar-refractivity contribution in [2.75, 3.05) is 20.2 Å². The predicted molar refractivity (Wildman–Crippen MR) is 90.7 cm³/mol. The van der Waals surface area contributed by atoms with E-state index in [0.717, 1.165) is 31.4 Å². The van der Waals surface area contributed by atoms with Crippen LogP contribution in [-0.4, -0.2) is 48.0 Å². The topological polar surface area (TPSA) is 90.9 Å². The van der Waals surface area contributed by atoms with Crippen LogP contribution < -0.4 is 10.2 Å². The maximum absolute atomic E-state index is 13.3. The van der Waals surface area contributed by atoms with Crippen LogP contribution in [-0.2, 0) is 20.5 Å². The van der Waals surface area contributed by atoms with Crippen LogP contribution in [0.3, 0.4) is 0 Å². The van der Waals surface area contributed by atoms with Crippen molar-refractivity contribution >= 4 is 13.6 Å². The number of phenols is 1. The molecular weight excluding hydrogens is 329 g/mol. The second-order valence-corrected chi connectivity index (χ2v) is 8.57. The van der Waals surface area contributed by atoms with E-state index >= 15 is 0 Å². The number of rotatable bonds is 5. The molecule has 2 aliphatic heterocycles. The number of benzene rings is 1. The van der Waals surface area contributed by atoms with Gasteiger partial charge in [-0.1, -0.05) is 18.6 Å². The van der Waals surface area contributed by atoms with Crippen LogP contribution in [0.1, 0.15) is 24.8 Å². The van der Waals surface area contributed by atoms with Crippen molar-refractivity contribution in [3.8, 4) is 5.75 Å². The van der Waals surface area contributed by atoms with Gasteiger partial charge in [0.25, 0.3) is 7.59 Å². The Kier molecular flexibility index (Phi) is 5.25. The van der Waals surface area contributed by atoms with Gasteiger partial charge in [-0.15, -0.1) is 0 Å². The number of fused-ring (bicyclic) bond motifs is 1. The third kappa shape index (κ3) is 3.64. The molecule has 1 aromatic rings. The van der Waals surface area contributed by atoms with Gasteiger partial charge in [0.1, 0.15) is 11.8 Å². The van der Waals surface area contributed by atoms with Crippen LogP contribution in [0.25, 0.3) is 0 Å². The first kappa shape index (κ1) is 17.4. The molecule has 0 aromatic heterocycles. The molecule has 2 heterocycles. The largest absolute Gasteiger partial charge is 0.508 e. The number of hydrogen-bond acceptors (Lipinski definition) is 4. The van der Waals surface area contributed by atoms with Crippen LogP contribution >= 0.6 is 7.59 Å². The summed E-state index contributed by atoms with van der Waals surface area (Å²) in [5, 5.41) is 15.5. The minimum absolute atomic E-state index is 0.169. The van der Waals surface area contributed by atoms with E-state index in [4.69, 9.17) is 4.74 Å². The summed E-state index contributed by atoms with van der Waals surface area (Å²) in [5.41, 5.74) is 0.858. The van der Waals surface area contributed by atoms with Crippen molar-refractivity contribution in [2.24, 2.45) is 0 Å². The van der Waals surface area contributed by atoms with E-state index in [1.807, 2.05) is 4.67 Å². The lowest BCUT2D eigenvalue weighted by atomic mass is 10.1. The van der Waals surface area contributed by atoms with Crippen molar-refractivity contribution in [2.45, 2.75) is 37.8 Å². The Morgan fingerprint density at radius 3 is 2.92 bits per heavy atom. The van der Waals surface area contributed by atoms with Crippen molar-refractivity contribution in [3.63, 3.8) is 0 Å². The summed E-state index contributed by atoms with van der Waals surface area (Å²) in [6.07, 6.45) is 3.54. The molecule has 3 atom stereocenters. The maximum Gasteiger partial charge on any atom is 0.323 e. The van der Waals surface area contributed by atoms with Gasteiger partial charge in [0.2, 0.25) is 0 Å². The predicted octanol–water partition coefficient (Wildman–Crippen LogP) is 1.63. The van der Waals surface area contributed by atoms with E-state index in [9.17, 15) is 14.5 Å². The molecule has 0 aliphatic carbocycles. The lowest BCUT2D eigenvalue weighted by Gasteiger charge is -2.33. The van der Waals surface area contributed by atoms with E-state index in [0.29, 0.717) is 13.0 Å². The van der Waals surface area contributed by atoms with Gasteiger partial charge < -0.3 is 9.84 Å². The third-order valence-corrected chi connectivity index (χ3v) is 7.21. The highest BCUT2D eigenvalue weighted by Gasteiger charge is 2.45. The van der Waals surface area contributed by atoms with Crippen LogP contribution in [0, 0.1) is 0 Å². The Hall–Kier alpha value is -1.40. The molecule has 0 amide bonds. The van der Waals surface area contributed by atoms with Crippen LogP contribution in [0.2, 0.25) is 0 Å². The summed E-state index contributed by atoms with van der Waals surface area (Å²) >= 11 is 0. The number of esters is 1. The highest BCUT2D eigenvalue weighted by atomic mass is 31.2. The number of methoxy groups -OCH3 is 1. The summed E-state index contributed by atoms with van der Waals surface area (Å²) in [5.74, 6) is -0.275. The Labute approximate surface area is 141 Å². The fraction of sp³-hybridized carbons (Fsp3) is 0.562. The van der Waals surface area contributed by atoms with Gasteiger partial charge >= 0.3 is 5.97 Å². The molecule has 2 aliphatic rings. The SMILES string of the molecule is COC(=O)C(Cc1ccc(O)cc1)NP1(=O)NCC2CCCCN21. The number of aromatic hydroxyl groups is 1. The number of carbonyl (C=O) groups excluding carboxylic acids is 1. The molecular formula is C16H24N3O4P.